The fourth-order valence-electron chi connectivity index (χ4n) is 8.40. The number of hydrogen-bond acceptors (Lipinski definition) is 0. The predicted octanol–water partition coefficient (Wildman–Crippen LogP) is 14.5. The molecule has 0 fully saturated rings. The van der Waals surface area contributed by atoms with E-state index in [9.17, 15) is 0 Å². The fraction of sp³-hybridized carbons (Fsp3) is 1.00. The minimum absolute atomic E-state index is 0. The Labute approximate surface area is 326 Å². The average molecular weight is 727 g/mol. The topological polar surface area (TPSA) is 0 Å². The number of quaternary nitrogens is 1. The molecule has 0 rings (SSSR count). The van der Waals surface area contributed by atoms with Crippen LogP contribution in [0.1, 0.15) is 285 Å². The Hall–Kier alpha value is 0.250. The summed E-state index contributed by atoms with van der Waals surface area (Å²) in [6, 6.07) is 0. The maximum absolute atomic E-state index is 2.69. The fourth-order valence-corrected chi connectivity index (χ4v) is 8.40. The van der Waals surface area contributed by atoms with E-state index in [-0.39, 0.29) is 12.4 Å². The molecule has 0 bridgehead atoms. The van der Waals surface area contributed by atoms with Crippen LogP contribution < -0.4 is 12.4 Å². The van der Waals surface area contributed by atoms with Crippen molar-refractivity contribution in [3.8, 4) is 0 Å². The van der Waals surface area contributed by atoms with Crippen LogP contribution in [0, 0.1) is 0 Å². The van der Waals surface area contributed by atoms with E-state index in [0.29, 0.717) is 5.54 Å². The Bertz CT molecular complexity index is 587. The zero-order chi connectivity index (χ0) is 36.0. The highest BCUT2D eigenvalue weighted by molar-refractivity contribution is 4.77. The quantitative estimate of drug-likeness (QED) is 0.0434. The van der Waals surface area contributed by atoms with E-state index in [1.54, 1.807) is 0 Å². The van der Waals surface area contributed by atoms with Gasteiger partial charge >= 0.3 is 0 Å². The van der Waals surface area contributed by atoms with Gasteiger partial charge in [-0.1, -0.05) is 239 Å². The van der Waals surface area contributed by atoms with Gasteiger partial charge in [-0.15, -0.1) is 0 Å². The Kier molecular flexibility index (Phi) is 42.3. The van der Waals surface area contributed by atoms with Gasteiger partial charge in [0.05, 0.1) is 26.2 Å². The molecule has 0 amide bonds. The van der Waals surface area contributed by atoms with Gasteiger partial charge in [0, 0.05) is 12.8 Å². The predicted molar refractivity (Wildman–Crippen MR) is 227 cm³/mol. The Morgan fingerprint density at radius 1 is 0.280 bits per heavy atom. The molecule has 0 atom stereocenters. The van der Waals surface area contributed by atoms with E-state index >= 15 is 0 Å². The molecule has 2 heteroatoms. The summed E-state index contributed by atoms with van der Waals surface area (Å²) in [4.78, 5) is 0. The van der Waals surface area contributed by atoms with Crippen LogP contribution in [0.3, 0.4) is 0 Å². The zero-order valence-electron chi connectivity index (χ0n) is 36.3. The number of hydrogen-bond donors (Lipinski definition) is 0. The number of unbranched alkanes of at least 4 members (excludes halogenated alkanes) is 35. The lowest BCUT2D eigenvalue weighted by Gasteiger charge is -2.47. The molecule has 0 N–H and O–H groups in total. The van der Waals surface area contributed by atoms with Gasteiger partial charge in [0.15, 0.2) is 0 Å². The minimum atomic E-state index is 0. The molecule has 0 saturated heterocycles. The maximum Gasteiger partial charge on any atom is 0.0959 e. The van der Waals surface area contributed by atoms with Gasteiger partial charge in [-0.25, -0.2) is 0 Å². The first kappa shape index (κ1) is 52.4. The molecule has 0 radical (unpaired) electrons. The first-order chi connectivity index (χ1) is 23.9. The van der Waals surface area contributed by atoms with E-state index in [1.807, 2.05) is 0 Å². The summed E-state index contributed by atoms with van der Waals surface area (Å²) in [6.07, 6.45) is 58.3. The van der Waals surface area contributed by atoms with Crippen molar-refractivity contribution in [1.82, 2.24) is 0 Å². The van der Waals surface area contributed by atoms with Crippen molar-refractivity contribution in [3.05, 3.63) is 0 Å². The third-order valence-corrected chi connectivity index (χ3v) is 12.7. The lowest BCUT2D eigenvalue weighted by Crippen LogP contribution is -3.00. The van der Waals surface area contributed by atoms with Crippen molar-refractivity contribution in [2.75, 3.05) is 20.6 Å². The summed E-state index contributed by atoms with van der Waals surface area (Å²) in [5.41, 5.74) is 0.452. The standard InChI is InChI=1S/C48H100N.ClH/c1-7-10-13-16-19-22-25-28-29-32-35-38-41-44-47-49(5,6)48(4,45-42-39-36-33-30-26-23-20-17-14-11-8-2)46-43-40-37-34-31-27-24-21-18-15-12-9-3;/h7-47H2,1-6H3;1H/q+1;/p-1. The monoisotopic (exact) mass is 726 g/mol. The Morgan fingerprint density at radius 2 is 0.460 bits per heavy atom. The van der Waals surface area contributed by atoms with Gasteiger partial charge in [-0.2, -0.15) is 0 Å². The van der Waals surface area contributed by atoms with Gasteiger partial charge < -0.3 is 16.9 Å². The first-order valence-corrected chi connectivity index (χ1v) is 23.8. The van der Waals surface area contributed by atoms with Gasteiger partial charge in [-0.3, -0.25) is 0 Å². The lowest BCUT2D eigenvalue weighted by molar-refractivity contribution is -0.941. The van der Waals surface area contributed by atoms with Crippen molar-refractivity contribution in [1.29, 1.82) is 0 Å². The van der Waals surface area contributed by atoms with E-state index < -0.39 is 0 Å². The smallest absolute Gasteiger partial charge is 0.0959 e. The van der Waals surface area contributed by atoms with E-state index in [1.165, 1.54) is 268 Å². The molecule has 0 spiro atoms. The first-order valence-electron chi connectivity index (χ1n) is 23.8. The normalized spacial score (nSPS) is 12.1. The van der Waals surface area contributed by atoms with Gasteiger partial charge in [0.2, 0.25) is 0 Å². The van der Waals surface area contributed by atoms with Gasteiger partial charge in [-0.05, 0) is 32.6 Å². The molecular formula is C48H100ClN. The lowest BCUT2D eigenvalue weighted by atomic mass is 9.84. The van der Waals surface area contributed by atoms with Crippen LogP contribution >= 0.6 is 0 Å². The highest BCUT2D eigenvalue weighted by Crippen LogP contribution is 2.34. The second-order valence-electron chi connectivity index (χ2n) is 17.8. The molecule has 50 heavy (non-hydrogen) atoms. The van der Waals surface area contributed by atoms with E-state index in [0.717, 1.165) is 0 Å². The Balaban J connectivity index is 0. The highest BCUT2D eigenvalue weighted by Gasteiger charge is 2.39. The molecule has 304 valence electrons. The molecule has 0 aliphatic carbocycles. The average Bonchev–Trinajstić information content (AvgIpc) is 3.09. The molecule has 0 aromatic carbocycles. The van der Waals surface area contributed by atoms with Crippen molar-refractivity contribution in [2.45, 2.75) is 290 Å². The Morgan fingerprint density at radius 3 is 0.680 bits per heavy atom. The number of nitrogens with zero attached hydrogens (tertiary/aromatic N) is 1. The molecule has 1 nitrogen and oxygen atoms in total. The van der Waals surface area contributed by atoms with Crippen LogP contribution in [0.15, 0.2) is 0 Å². The van der Waals surface area contributed by atoms with Crippen LogP contribution in [-0.4, -0.2) is 30.7 Å². The summed E-state index contributed by atoms with van der Waals surface area (Å²) >= 11 is 0. The number of rotatable bonds is 42. The molecule has 0 aliphatic heterocycles. The second kappa shape index (κ2) is 40.4. The molecule has 0 unspecified atom stereocenters. The molecule has 0 heterocycles. The molecule has 0 aromatic rings. The highest BCUT2D eigenvalue weighted by atomic mass is 35.5. The summed E-state index contributed by atoms with van der Waals surface area (Å²) in [5.74, 6) is 0. The second-order valence-corrected chi connectivity index (χ2v) is 17.8. The summed E-state index contributed by atoms with van der Waals surface area (Å²) in [6.45, 7) is 11.0. The zero-order valence-corrected chi connectivity index (χ0v) is 37.1. The van der Waals surface area contributed by atoms with Crippen LogP contribution in [0.4, 0.5) is 0 Å². The van der Waals surface area contributed by atoms with Crippen molar-refractivity contribution in [2.24, 2.45) is 0 Å². The van der Waals surface area contributed by atoms with Gasteiger partial charge in [0.25, 0.3) is 0 Å². The molecule has 0 aromatic heterocycles. The van der Waals surface area contributed by atoms with Crippen molar-refractivity contribution in [3.63, 3.8) is 0 Å². The minimum Gasteiger partial charge on any atom is -1.00 e. The van der Waals surface area contributed by atoms with Gasteiger partial charge in [0.1, 0.15) is 0 Å². The summed E-state index contributed by atoms with van der Waals surface area (Å²) in [7, 11) is 5.20. The van der Waals surface area contributed by atoms with Crippen molar-refractivity contribution >= 4 is 0 Å². The van der Waals surface area contributed by atoms with E-state index in [4.69, 9.17) is 0 Å². The number of halogens is 1. The van der Waals surface area contributed by atoms with E-state index in [2.05, 4.69) is 41.8 Å². The third-order valence-electron chi connectivity index (χ3n) is 12.7. The SMILES string of the molecule is CCCCCCCCCCCCCCCC[N+](C)(C)C(C)(CCCCCCCCCCCCCC)CCCCCCCCCCCCCC.[Cl-]. The van der Waals surface area contributed by atoms with Crippen LogP contribution in [0.2, 0.25) is 0 Å². The van der Waals surface area contributed by atoms with Crippen molar-refractivity contribution < 1.29 is 16.9 Å². The summed E-state index contributed by atoms with van der Waals surface area (Å²) < 4.78 is 1.25. The maximum atomic E-state index is 2.69. The van der Waals surface area contributed by atoms with Crippen LogP contribution in [0.25, 0.3) is 0 Å². The molecular weight excluding hydrogens is 626 g/mol. The third kappa shape index (κ3) is 34.0. The molecule has 0 aliphatic rings. The van der Waals surface area contributed by atoms with Crippen LogP contribution in [-0.2, 0) is 0 Å². The molecule has 0 saturated carbocycles. The summed E-state index contributed by atoms with van der Waals surface area (Å²) in [5, 5.41) is 0. The van der Waals surface area contributed by atoms with Crippen LogP contribution in [0.5, 0.6) is 0 Å². The largest absolute Gasteiger partial charge is 1.00 e.